The Morgan fingerprint density at radius 2 is 1.76 bits per heavy atom. The predicted molar refractivity (Wildman–Crippen MR) is 72.1 cm³/mol. The van der Waals surface area contributed by atoms with Gasteiger partial charge in [0, 0.05) is 13.0 Å². The molecule has 94 valence electrons. The van der Waals surface area contributed by atoms with E-state index in [1.165, 1.54) is 11.1 Å². The lowest BCUT2D eigenvalue weighted by molar-refractivity contribution is -0.120. The first kappa shape index (κ1) is 13.8. The van der Waals surface area contributed by atoms with Crippen molar-refractivity contribution in [1.29, 1.82) is 0 Å². The molecule has 0 aliphatic carbocycles. The van der Waals surface area contributed by atoms with Gasteiger partial charge >= 0.3 is 0 Å². The van der Waals surface area contributed by atoms with Crippen molar-refractivity contribution < 1.29 is 4.79 Å². The zero-order valence-electron chi connectivity index (χ0n) is 11.3. The van der Waals surface area contributed by atoms with Crippen molar-refractivity contribution in [3.05, 3.63) is 35.4 Å². The number of rotatable bonds is 4. The molecular weight excluding hydrogens is 210 g/mol. The predicted octanol–water partition coefficient (Wildman–Crippen LogP) is 3.05. The van der Waals surface area contributed by atoms with Crippen molar-refractivity contribution in [1.82, 2.24) is 5.32 Å². The Kier molecular flexibility index (Phi) is 4.73. The SMILES string of the molecule is CCNC(=O)CCc1ccc(C(C)(C)C)cc1. The Morgan fingerprint density at radius 1 is 1.18 bits per heavy atom. The fraction of sp³-hybridized carbons (Fsp3) is 0.533. The Bertz CT molecular complexity index is 360. The van der Waals surface area contributed by atoms with E-state index in [0.717, 1.165) is 6.42 Å². The highest BCUT2D eigenvalue weighted by atomic mass is 16.1. The highest BCUT2D eigenvalue weighted by Gasteiger charge is 2.12. The molecule has 1 amide bonds. The third-order valence-electron chi connectivity index (χ3n) is 2.83. The molecule has 0 atom stereocenters. The lowest BCUT2D eigenvalue weighted by atomic mass is 9.86. The van der Waals surface area contributed by atoms with Crippen LogP contribution in [0.15, 0.2) is 24.3 Å². The number of benzene rings is 1. The molecule has 0 saturated carbocycles. The van der Waals surface area contributed by atoms with Crippen LogP contribution in [0.4, 0.5) is 0 Å². The van der Waals surface area contributed by atoms with Crippen molar-refractivity contribution in [3.8, 4) is 0 Å². The zero-order valence-corrected chi connectivity index (χ0v) is 11.3. The van der Waals surface area contributed by atoms with Gasteiger partial charge < -0.3 is 5.32 Å². The molecule has 1 aromatic carbocycles. The number of carbonyl (C=O) groups is 1. The number of hydrogen-bond donors (Lipinski definition) is 1. The van der Waals surface area contributed by atoms with Crippen LogP contribution < -0.4 is 5.32 Å². The first-order valence-corrected chi connectivity index (χ1v) is 6.29. The van der Waals surface area contributed by atoms with Gasteiger partial charge in [-0.2, -0.15) is 0 Å². The quantitative estimate of drug-likeness (QED) is 0.851. The van der Waals surface area contributed by atoms with Crippen LogP contribution in [0.25, 0.3) is 0 Å². The van der Waals surface area contributed by atoms with E-state index < -0.39 is 0 Å². The smallest absolute Gasteiger partial charge is 0.220 e. The highest BCUT2D eigenvalue weighted by molar-refractivity contribution is 5.76. The number of amides is 1. The fourth-order valence-corrected chi connectivity index (χ4v) is 1.71. The highest BCUT2D eigenvalue weighted by Crippen LogP contribution is 2.22. The lowest BCUT2D eigenvalue weighted by Crippen LogP contribution is -2.22. The van der Waals surface area contributed by atoms with Gasteiger partial charge in [-0.3, -0.25) is 4.79 Å². The molecule has 0 fully saturated rings. The molecule has 2 nitrogen and oxygen atoms in total. The minimum Gasteiger partial charge on any atom is -0.356 e. The normalized spacial score (nSPS) is 11.3. The second kappa shape index (κ2) is 5.85. The zero-order chi connectivity index (χ0) is 12.9. The molecule has 0 spiro atoms. The minimum absolute atomic E-state index is 0.132. The Balaban J connectivity index is 2.54. The molecule has 17 heavy (non-hydrogen) atoms. The van der Waals surface area contributed by atoms with E-state index in [2.05, 4.69) is 50.4 Å². The van der Waals surface area contributed by atoms with Gasteiger partial charge in [-0.05, 0) is 29.9 Å². The van der Waals surface area contributed by atoms with Crippen LogP contribution in [0.5, 0.6) is 0 Å². The fourth-order valence-electron chi connectivity index (χ4n) is 1.71. The summed E-state index contributed by atoms with van der Waals surface area (Å²) in [5.74, 6) is 0.132. The third kappa shape index (κ3) is 4.59. The average molecular weight is 233 g/mol. The summed E-state index contributed by atoms with van der Waals surface area (Å²) in [5.41, 5.74) is 2.75. The molecule has 2 heteroatoms. The van der Waals surface area contributed by atoms with Gasteiger partial charge in [0.25, 0.3) is 0 Å². The standard InChI is InChI=1S/C15H23NO/c1-5-16-14(17)11-8-12-6-9-13(10-7-12)15(2,3)4/h6-7,9-10H,5,8,11H2,1-4H3,(H,16,17). The summed E-state index contributed by atoms with van der Waals surface area (Å²) in [6.07, 6.45) is 1.39. The topological polar surface area (TPSA) is 29.1 Å². The summed E-state index contributed by atoms with van der Waals surface area (Å²) in [5, 5.41) is 2.81. The van der Waals surface area contributed by atoms with Crippen LogP contribution in [0, 0.1) is 0 Å². The van der Waals surface area contributed by atoms with E-state index in [1.807, 2.05) is 6.92 Å². The molecule has 0 radical (unpaired) electrons. The van der Waals surface area contributed by atoms with E-state index in [4.69, 9.17) is 0 Å². The largest absolute Gasteiger partial charge is 0.356 e. The van der Waals surface area contributed by atoms with Crippen LogP contribution >= 0.6 is 0 Å². The molecule has 0 bridgehead atoms. The first-order valence-electron chi connectivity index (χ1n) is 6.29. The first-order chi connectivity index (χ1) is 7.93. The molecule has 1 rings (SSSR count). The van der Waals surface area contributed by atoms with Crippen LogP contribution in [0.3, 0.4) is 0 Å². The van der Waals surface area contributed by atoms with Crippen molar-refractivity contribution in [3.63, 3.8) is 0 Å². The number of aryl methyl sites for hydroxylation is 1. The van der Waals surface area contributed by atoms with Gasteiger partial charge in [0.05, 0.1) is 0 Å². The van der Waals surface area contributed by atoms with E-state index in [9.17, 15) is 4.79 Å². The second-order valence-corrected chi connectivity index (χ2v) is 5.40. The summed E-state index contributed by atoms with van der Waals surface area (Å²) >= 11 is 0. The van der Waals surface area contributed by atoms with E-state index in [0.29, 0.717) is 13.0 Å². The van der Waals surface area contributed by atoms with E-state index in [1.54, 1.807) is 0 Å². The molecule has 0 aliphatic heterocycles. The van der Waals surface area contributed by atoms with Gasteiger partial charge in [-0.25, -0.2) is 0 Å². The minimum atomic E-state index is 0.132. The number of hydrogen-bond acceptors (Lipinski definition) is 1. The molecule has 0 saturated heterocycles. The summed E-state index contributed by atoms with van der Waals surface area (Å²) in [6.45, 7) is 9.27. The van der Waals surface area contributed by atoms with Gasteiger partial charge in [0.2, 0.25) is 5.91 Å². The molecule has 1 aromatic rings. The Morgan fingerprint density at radius 3 is 2.24 bits per heavy atom. The molecule has 0 aliphatic rings. The molecule has 0 aromatic heterocycles. The van der Waals surface area contributed by atoms with Gasteiger partial charge in [-0.1, -0.05) is 45.0 Å². The molecule has 0 heterocycles. The van der Waals surface area contributed by atoms with Crippen molar-refractivity contribution >= 4 is 5.91 Å². The maximum Gasteiger partial charge on any atom is 0.220 e. The van der Waals surface area contributed by atoms with Crippen LogP contribution in [0.1, 0.15) is 45.2 Å². The summed E-state index contributed by atoms with van der Waals surface area (Å²) in [6, 6.07) is 8.57. The monoisotopic (exact) mass is 233 g/mol. The maximum atomic E-state index is 11.3. The Hall–Kier alpha value is -1.31. The maximum absolute atomic E-state index is 11.3. The van der Waals surface area contributed by atoms with Gasteiger partial charge in [0.1, 0.15) is 0 Å². The van der Waals surface area contributed by atoms with Crippen molar-refractivity contribution in [2.24, 2.45) is 0 Å². The molecule has 0 unspecified atom stereocenters. The number of carbonyl (C=O) groups excluding carboxylic acids is 1. The number of nitrogens with one attached hydrogen (secondary N) is 1. The average Bonchev–Trinajstić information content (AvgIpc) is 2.26. The van der Waals surface area contributed by atoms with Crippen LogP contribution in [-0.2, 0) is 16.6 Å². The molecular formula is C15H23NO. The van der Waals surface area contributed by atoms with E-state index >= 15 is 0 Å². The van der Waals surface area contributed by atoms with Crippen molar-refractivity contribution in [2.75, 3.05) is 6.54 Å². The second-order valence-electron chi connectivity index (χ2n) is 5.40. The lowest BCUT2D eigenvalue weighted by Gasteiger charge is -2.19. The van der Waals surface area contributed by atoms with E-state index in [-0.39, 0.29) is 11.3 Å². The summed E-state index contributed by atoms with van der Waals surface area (Å²) < 4.78 is 0. The summed E-state index contributed by atoms with van der Waals surface area (Å²) in [7, 11) is 0. The summed E-state index contributed by atoms with van der Waals surface area (Å²) in [4.78, 5) is 11.3. The third-order valence-corrected chi connectivity index (χ3v) is 2.83. The van der Waals surface area contributed by atoms with Crippen LogP contribution in [0.2, 0.25) is 0 Å². The Labute approximate surface area is 104 Å². The van der Waals surface area contributed by atoms with Crippen molar-refractivity contribution in [2.45, 2.75) is 46.0 Å². The van der Waals surface area contributed by atoms with Gasteiger partial charge in [-0.15, -0.1) is 0 Å². The van der Waals surface area contributed by atoms with Gasteiger partial charge in [0.15, 0.2) is 0 Å². The molecule has 1 N–H and O–H groups in total. The van der Waals surface area contributed by atoms with Crippen LogP contribution in [-0.4, -0.2) is 12.5 Å².